The third-order valence-electron chi connectivity index (χ3n) is 2.46. The van der Waals surface area contributed by atoms with Gasteiger partial charge in [0.1, 0.15) is 0 Å². The van der Waals surface area contributed by atoms with Gasteiger partial charge in [-0.25, -0.2) is 0 Å². The Hall–Kier alpha value is -0.930. The van der Waals surface area contributed by atoms with Gasteiger partial charge in [-0.2, -0.15) is 0 Å². The lowest BCUT2D eigenvalue weighted by Gasteiger charge is -2.08. The van der Waals surface area contributed by atoms with Gasteiger partial charge in [0.2, 0.25) is 0 Å². The standard InChI is InChI=1S/C14H14BrNS/c1-17-14-7-3-6-13(9-14)16-10-11-4-2-5-12(15)8-11/h2-9,16H,10H2,1H3. The number of halogens is 1. The third kappa shape index (κ3) is 3.79. The predicted molar refractivity (Wildman–Crippen MR) is 79.7 cm³/mol. The molecular formula is C14H14BrNS. The molecule has 0 amide bonds. The molecule has 0 spiro atoms. The summed E-state index contributed by atoms with van der Waals surface area (Å²) in [5.74, 6) is 0. The largest absolute Gasteiger partial charge is 0.381 e. The quantitative estimate of drug-likeness (QED) is 0.816. The summed E-state index contributed by atoms with van der Waals surface area (Å²) in [4.78, 5) is 1.28. The molecule has 3 heteroatoms. The highest BCUT2D eigenvalue weighted by molar-refractivity contribution is 9.10. The van der Waals surface area contributed by atoms with E-state index in [1.807, 2.05) is 6.07 Å². The maximum absolute atomic E-state index is 3.48. The highest BCUT2D eigenvalue weighted by atomic mass is 79.9. The first-order valence-electron chi connectivity index (χ1n) is 5.40. The van der Waals surface area contributed by atoms with Crippen LogP contribution in [0.5, 0.6) is 0 Å². The molecular weight excluding hydrogens is 294 g/mol. The maximum atomic E-state index is 3.48. The lowest BCUT2D eigenvalue weighted by atomic mass is 10.2. The van der Waals surface area contributed by atoms with Gasteiger partial charge in [0.25, 0.3) is 0 Å². The van der Waals surface area contributed by atoms with Gasteiger partial charge in [-0.05, 0) is 42.2 Å². The van der Waals surface area contributed by atoms with Gasteiger partial charge in [0.05, 0.1) is 0 Å². The molecule has 0 saturated carbocycles. The summed E-state index contributed by atoms with van der Waals surface area (Å²) in [5.41, 5.74) is 2.44. The lowest BCUT2D eigenvalue weighted by Crippen LogP contribution is -1.99. The number of nitrogens with one attached hydrogen (secondary N) is 1. The summed E-state index contributed by atoms with van der Waals surface area (Å²) in [6.07, 6.45) is 2.09. The number of hydrogen-bond donors (Lipinski definition) is 1. The number of anilines is 1. The number of rotatable bonds is 4. The SMILES string of the molecule is CSc1cccc(NCc2cccc(Br)c2)c1. The van der Waals surface area contributed by atoms with Crippen molar-refractivity contribution in [3.8, 4) is 0 Å². The van der Waals surface area contributed by atoms with Crippen LogP contribution in [0.3, 0.4) is 0 Å². The van der Waals surface area contributed by atoms with Crippen molar-refractivity contribution >= 4 is 33.4 Å². The van der Waals surface area contributed by atoms with E-state index in [0.717, 1.165) is 16.7 Å². The fourth-order valence-electron chi connectivity index (χ4n) is 1.58. The van der Waals surface area contributed by atoms with E-state index in [1.54, 1.807) is 11.8 Å². The Labute approximate surface area is 115 Å². The average molecular weight is 308 g/mol. The summed E-state index contributed by atoms with van der Waals surface area (Å²) in [6, 6.07) is 16.8. The van der Waals surface area contributed by atoms with Crippen molar-refractivity contribution in [2.45, 2.75) is 11.4 Å². The molecule has 0 heterocycles. The van der Waals surface area contributed by atoms with E-state index in [-0.39, 0.29) is 0 Å². The molecule has 0 saturated heterocycles. The zero-order chi connectivity index (χ0) is 12.1. The van der Waals surface area contributed by atoms with Crippen LogP contribution in [0.25, 0.3) is 0 Å². The molecule has 0 aliphatic heterocycles. The first-order chi connectivity index (χ1) is 8.28. The molecule has 1 nitrogen and oxygen atoms in total. The highest BCUT2D eigenvalue weighted by Gasteiger charge is 1.96. The summed E-state index contributed by atoms with van der Waals surface area (Å²) < 4.78 is 1.12. The average Bonchev–Trinajstić information content (AvgIpc) is 2.37. The topological polar surface area (TPSA) is 12.0 Å². The number of hydrogen-bond acceptors (Lipinski definition) is 2. The summed E-state index contributed by atoms with van der Waals surface area (Å²) in [7, 11) is 0. The highest BCUT2D eigenvalue weighted by Crippen LogP contribution is 2.20. The molecule has 1 N–H and O–H groups in total. The van der Waals surface area contributed by atoms with Gasteiger partial charge < -0.3 is 5.32 Å². The van der Waals surface area contributed by atoms with Gasteiger partial charge in [-0.3, -0.25) is 0 Å². The molecule has 0 radical (unpaired) electrons. The van der Waals surface area contributed by atoms with Gasteiger partial charge in [0.15, 0.2) is 0 Å². The first kappa shape index (κ1) is 12.5. The van der Waals surface area contributed by atoms with Crippen LogP contribution in [0.2, 0.25) is 0 Å². The Morgan fingerprint density at radius 2 is 1.94 bits per heavy atom. The number of benzene rings is 2. The summed E-state index contributed by atoms with van der Waals surface area (Å²) in [6.45, 7) is 0.845. The van der Waals surface area contributed by atoms with E-state index in [0.29, 0.717) is 0 Å². The minimum Gasteiger partial charge on any atom is -0.381 e. The van der Waals surface area contributed by atoms with Crippen molar-refractivity contribution in [3.05, 3.63) is 58.6 Å². The van der Waals surface area contributed by atoms with Crippen LogP contribution in [-0.4, -0.2) is 6.26 Å². The Morgan fingerprint density at radius 1 is 1.12 bits per heavy atom. The van der Waals surface area contributed by atoms with Crippen LogP contribution in [0, 0.1) is 0 Å². The van der Waals surface area contributed by atoms with Crippen molar-refractivity contribution in [3.63, 3.8) is 0 Å². The first-order valence-corrected chi connectivity index (χ1v) is 7.42. The maximum Gasteiger partial charge on any atom is 0.0401 e. The second kappa shape index (κ2) is 6.12. The summed E-state index contributed by atoms with van der Waals surface area (Å²) in [5, 5.41) is 3.43. The molecule has 88 valence electrons. The Morgan fingerprint density at radius 3 is 2.71 bits per heavy atom. The third-order valence-corrected chi connectivity index (χ3v) is 3.67. The Bertz CT molecular complexity index is 499. The molecule has 0 aliphatic rings. The van der Waals surface area contributed by atoms with E-state index < -0.39 is 0 Å². The molecule has 0 bridgehead atoms. The van der Waals surface area contributed by atoms with Crippen LogP contribution in [0.1, 0.15) is 5.56 Å². The zero-order valence-electron chi connectivity index (χ0n) is 9.61. The number of thioether (sulfide) groups is 1. The summed E-state index contributed by atoms with van der Waals surface area (Å²) >= 11 is 5.24. The van der Waals surface area contributed by atoms with E-state index in [2.05, 4.69) is 70.0 Å². The second-order valence-electron chi connectivity index (χ2n) is 3.72. The molecule has 2 aromatic rings. The molecule has 17 heavy (non-hydrogen) atoms. The van der Waals surface area contributed by atoms with Crippen molar-refractivity contribution in [1.29, 1.82) is 0 Å². The van der Waals surface area contributed by atoms with Gasteiger partial charge in [-0.1, -0.05) is 34.1 Å². The fraction of sp³-hybridized carbons (Fsp3) is 0.143. The Kier molecular flexibility index (Phi) is 4.51. The van der Waals surface area contributed by atoms with Crippen LogP contribution in [-0.2, 0) is 6.54 Å². The van der Waals surface area contributed by atoms with E-state index >= 15 is 0 Å². The zero-order valence-corrected chi connectivity index (χ0v) is 12.0. The molecule has 0 atom stereocenters. The van der Waals surface area contributed by atoms with Gasteiger partial charge in [-0.15, -0.1) is 11.8 Å². The molecule has 0 aromatic heterocycles. The molecule has 0 aliphatic carbocycles. The van der Waals surface area contributed by atoms with Gasteiger partial charge in [0, 0.05) is 21.6 Å². The molecule has 2 rings (SSSR count). The molecule has 2 aromatic carbocycles. The fourth-order valence-corrected chi connectivity index (χ4v) is 2.49. The molecule has 0 unspecified atom stereocenters. The minimum absolute atomic E-state index is 0.845. The lowest BCUT2D eigenvalue weighted by molar-refractivity contribution is 1.14. The normalized spacial score (nSPS) is 10.2. The van der Waals surface area contributed by atoms with Crippen molar-refractivity contribution in [1.82, 2.24) is 0 Å². The van der Waals surface area contributed by atoms with E-state index in [9.17, 15) is 0 Å². The van der Waals surface area contributed by atoms with E-state index in [1.165, 1.54) is 10.5 Å². The van der Waals surface area contributed by atoms with Crippen LogP contribution in [0.15, 0.2) is 57.9 Å². The van der Waals surface area contributed by atoms with Crippen molar-refractivity contribution < 1.29 is 0 Å². The van der Waals surface area contributed by atoms with Crippen LogP contribution in [0.4, 0.5) is 5.69 Å². The minimum atomic E-state index is 0.845. The van der Waals surface area contributed by atoms with E-state index in [4.69, 9.17) is 0 Å². The predicted octanol–water partition coefficient (Wildman–Crippen LogP) is 4.78. The van der Waals surface area contributed by atoms with Crippen LogP contribution < -0.4 is 5.32 Å². The smallest absolute Gasteiger partial charge is 0.0401 e. The van der Waals surface area contributed by atoms with Gasteiger partial charge >= 0.3 is 0 Å². The van der Waals surface area contributed by atoms with Crippen molar-refractivity contribution in [2.75, 3.05) is 11.6 Å². The monoisotopic (exact) mass is 307 g/mol. The molecule has 0 fully saturated rings. The second-order valence-corrected chi connectivity index (χ2v) is 5.51. The Balaban J connectivity index is 2.02. The van der Waals surface area contributed by atoms with Crippen LogP contribution >= 0.6 is 27.7 Å². The van der Waals surface area contributed by atoms with Crippen molar-refractivity contribution in [2.24, 2.45) is 0 Å².